The lowest BCUT2D eigenvalue weighted by atomic mass is 10.0. The van der Waals surface area contributed by atoms with Crippen molar-refractivity contribution in [2.75, 3.05) is 26.2 Å². The second-order valence-corrected chi connectivity index (χ2v) is 8.58. The monoisotopic (exact) mass is 388 g/mol. The lowest BCUT2D eigenvalue weighted by Crippen LogP contribution is -2.49. The number of nitrogens with one attached hydrogen (secondary N) is 2. The van der Waals surface area contributed by atoms with Crippen LogP contribution in [0.2, 0.25) is 0 Å². The van der Waals surface area contributed by atoms with Crippen LogP contribution in [0, 0.1) is 11.8 Å². The number of ether oxygens (including phenoxy) is 1. The molecule has 1 aromatic heterocycles. The summed E-state index contributed by atoms with van der Waals surface area (Å²) < 4.78 is 5.65. The maximum atomic E-state index is 12.3. The molecule has 1 aromatic rings. The van der Waals surface area contributed by atoms with Crippen LogP contribution < -0.4 is 15.4 Å². The lowest BCUT2D eigenvalue weighted by molar-refractivity contribution is 0.157. The zero-order chi connectivity index (χ0) is 19.8. The summed E-state index contributed by atoms with van der Waals surface area (Å²) in [7, 11) is 0. The summed E-state index contributed by atoms with van der Waals surface area (Å²) in [5, 5.41) is 6.01. The highest BCUT2D eigenvalue weighted by molar-refractivity contribution is 5.73. The molecule has 156 valence electrons. The van der Waals surface area contributed by atoms with Crippen LogP contribution in [0.4, 0.5) is 4.79 Å². The van der Waals surface area contributed by atoms with Gasteiger partial charge in [-0.3, -0.25) is 4.90 Å². The number of carbonyl (C=O) groups is 1. The van der Waals surface area contributed by atoms with Crippen molar-refractivity contribution in [3.05, 3.63) is 23.9 Å². The van der Waals surface area contributed by atoms with Gasteiger partial charge in [0.2, 0.25) is 5.88 Å². The first kappa shape index (κ1) is 20.9. The molecule has 3 rings (SSSR count). The van der Waals surface area contributed by atoms with Crippen LogP contribution in [0.1, 0.15) is 57.9 Å². The van der Waals surface area contributed by atoms with Crippen molar-refractivity contribution in [2.45, 2.75) is 65.0 Å². The molecule has 2 fully saturated rings. The molecule has 0 bridgehead atoms. The molecule has 0 spiro atoms. The molecule has 1 aliphatic heterocycles. The molecule has 1 saturated carbocycles. The summed E-state index contributed by atoms with van der Waals surface area (Å²) >= 11 is 0. The second kappa shape index (κ2) is 10.6. The fourth-order valence-electron chi connectivity index (χ4n) is 3.74. The Morgan fingerprint density at radius 2 is 1.93 bits per heavy atom. The molecule has 6 nitrogen and oxygen atoms in total. The maximum Gasteiger partial charge on any atom is 0.315 e. The number of urea groups is 1. The van der Waals surface area contributed by atoms with Crippen LogP contribution in [0.5, 0.6) is 5.88 Å². The number of amides is 2. The highest BCUT2D eigenvalue weighted by Gasteiger charge is 2.23. The standard InChI is InChI=1S/C22H36N4O2/c1-17(2)20(26-11-5-3-4-6-12-26)15-25-22(27)24-14-19-9-10-21(23-13-19)28-16-18-7-8-18/h9-10,13,17-18,20H,3-8,11-12,14-16H2,1-2H3,(H2,24,25,27)/t20-/m0/s1. The second-order valence-electron chi connectivity index (χ2n) is 8.58. The van der Waals surface area contributed by atoms with Crippen molar-refractivity contribution < 1.29 is 9.53 Å². The fraction of sp³-hybridized carbons (Fsp3) is 0.727. The van der Waals surface area contributed by atoms with E-state index >= 15 is 0 Å². The average molecular weight is 389 g/mol. The summed E-state index contributed by atoms with van der Waals surface area (Å²) in [6.07, 6.45) is 9.50. The minimum Gasteiger partial charge on any atom is -0.477 e. The quantitative estimate of drug-likeness (QED) is 0.679. The van der Waals surface area contributed by atoms with Crippen molar-refractivity contribution >= 4 is 6.03 Å². The van der Waals surface area contributed by atoms with Crippen LogP contribution in [-0.2, 0) is 6.54 Å². The number of carbonyl (C=O) groups excluding carboxylic acids is 1. The topological polar surface area (TPSA) is 66.5 Å². The molecule has 1 atom stereocenters. The summed E-state index contributed by atoms with van der Waals surface area (Å²) in [6.45, 7) is 8.70. The number of likely N-dealkylation sites (tertiary alicyclic amines) is 1. The Hall–Kier alpha value is -1.82. The molecule has 0 aromatic carbocycles. The Morgan fingerprint density at radius 3 is 2.54 bits per heavy atom. The van der Waals surface area contributed by atoms with Gasteiger partial charge in [0, 0.05) is 31.4 Å². The molecule has 2 amide bonds. The van der Waals surface area contributed by atoms with Crippen LogP contribution in [0.3, 0.4) is 0 Å². The van der Waals surface area contributed by atoms with E-state index in [0.717, 1.165) is 31.2 Å². The van der Waals surface area contributed by atoms with E-state index in [1.807, 2.05) is 12.1 Å². The van der Waals surface area contributed by atoms with Gasteiger partial charge in [-0.25, -0.2) is 9.78 Å². The van der Waals surface area contributed by atoms with E-state index in [1.165, 1.54) is 38.5 Å². The lowest BCUT2D eigenvalue weighted by Gasteiger charge is -2.33. The minimum absolute atomic E-state index is 0.116. The van der Waals surface area contributed by atoms with Crippen molar-refractivity contribution in [3.63, 3.8) is 0 Å². The zero-order valence-corrected chi connectivity index (χ0v) is 17.5. The van der Waals surface area contributed by atoms with E-state index in [0.29, 0.717) is 30.9 Å². The van der Waals surface area contributed by atoms with Gasteiger partial charge in [-0.1, -0.05) is 32.8 Å². The first-order chi connectivity index (χ1) is 13.6. The Kier molecular flexibility index (Phi) is 7.95. The predicted octanol–water partition coefficient (Wildman–Crippen LogP) is 3.57. The van der Waals surface area contributed by atoms with E-state index in [1.54, 1.807) is 6.20 Å². The first-order valence-corrected chi connectivity index (χ1v) is 11.0. The molecule has 1 aliphatic carbocycles. The molecule has 2 N–H and O–H groups in total. The first-order valence-electron chi connectivity index (χ1n) is 11.0. The van der Waals surface area contributed by atoms with Gasteiger partial charge in [-0.15, -0.1) is 0 Å². The molecule has 0 unspecified atom stereocenters. The number of pyridine rings is 1. The van der Waals surface area contributed by atoms with Gasteiger partial charge in [-0.05, 0) is 56.2 Å². The number of aromatic nitrogens is 1. The smallest absolute Gasteiger partial charge is 0.315 e. The third-order valence-corrected chi connectivity index (χ3v) is 5.77. The highest BCUT2D eigenvalue weighted by Crippen LogP contribution is 2.29. The van der Waals surface area contributed by atoms with Crippen molar-refractivity contribution in [1.29, 1.82) is 0 Å². The number of hydrogen-bond donors (Lipinski definition) is 2. The Bertz CT molecular complexity index is 593. The molecule has 1 saturated heterocycles. The highest BCUT2D eigenvalue weighted by atomic mass is 16.5. The molecule has 6 heteroatoms. The molecular formula is C22H36N4O2. The van der Waals surface area contributed by atoms with Gasteiger partial charge < -0.3 is 15.4 Å². The largest absolute Gasteiger partial charge is 0.477 e. The molecular weight excluding hydrogens is 352 g/mol. The van der Waals surface area contributed by atoms with Gasteiger partial charge in [0.15, 0.2) is 0 Å². The summed E-state index contributed by atoms with van der Waals surface area (Å²) in [6, 6.07) is 4.12. The Morgan fingerprint density at radius 1 is 1.18 bits per heavy atom. The van der Waals surface area contributed by atoms with E-state index in [4.69, 9.17) is 4.74 Å². The number of nitrogens with zero attached hydrogens (tertiary/aromatic N) is 2. The van der Waals surface area contributed by atoms with Crippen LogP contribution in [0.25, 0.3) is 0 Å². The maximum absolute atomic E-state index is 12.3. The molecule has 0 radical (unpaired) electrons. The summed E-state index contributed by atoms with van der Waals surface area (Å²) in [4.78, 5) is 19.1. The minimum atomic E-state index is -0.116. The van der Waals surface area contributed by atoms with Crippen molar-refractivity contribution in [3.8, 4) is 5.88 Å². The summed E-state index contributed by atoms with van der Waals surface area (Å²) in [5.74, 6) is 1.90. The fourth-order valence-corrected chi connectivity index (χ4v) is 3.74. The predicted molar refractivity (Wildman–Crippen MR) is 111 cm³/mol. The van der Waals surface area contributed by atoms with E-state index < -0.39 is 0 Å². The Labute approximate surface area is 169 Å². The number of rotatable bonds is 9. The van der Waals surface area contributed by atoms with Crippen molar-refractivity contribution in [1.82, 2.24) is 20.5 Å². The van der Waals surface area contributed by atoms with Gasteiger partial charge in [-0.2, -0.15) is 0 Å². The molecule has 2 aliphatic rings. The normalized spacial score (nSPS) is 19.1. The number of hydrogen-bond acceptors (Lipinski definition) is 4. The average Bonchev–Trinajstić information content (AvgIpc) is 3.53. The van der Waals surface area contributed by atoms with E-state index in [2.05, 4.69) is 34.4 Å². The summed E-state index contributed by atoms with van der Waals surface area (Å²) in [5.41, 5.74) is 0.974. The van der Waals surface area contributed by atoms with Gasteiger partial charge in [0.25, 0.3) is 0 Å². The third-order valence-electron chi connectivity index (χ3n) is 5.77. The third kappa shape index (κ3) is 6.97. The van der Waals surface area contributed by atoms with Gasteiger partial charge in [0.05, 0.1) is 6.61 Å². The molecule has 28 heavy (non-hydrogen) atoms. The SMILES string of the molecule is CC(C)[C@H](CNC(=O)NCc1ccc(OCC2CC2)nc1)N1CCCCCC1. The molecule has 2 heterocycles. The van der Waals surface area contributed by atoms with E-state index in [9.17, 15) is 4.79 Å². The Balaban J connectivity index is 1.38. The zero-order valence-electron chi connectivity index (χ0n) is 17.5. The van der Waals surface area contributed by atoms with Crippen molar-refractivity contribution in [2.24, 2.45) is 11.8 Å². The van der Waals surface area contributed by atoms with E-state index in [-0.39, 0.29) is 6.03 Å². The van der Waals surface area contributed by atoms with Crippen LogP contribution in [0.15, 0.2) is 18.3 Å². The van der Waals surface area contributed by atoms with Crippen LogP contribution in [-0.4, -0.2) is 48.2 Å². The van der Waals surface area contributed by atoms with Crippen LogP contribution >= 0.6 is 0 Å². The van der Waals surface area contributed by atoms with Gasteiger partial charge >= 0.3 is 6.03 Å². The van der Waals surface area contributed by atoms with Gasteiger partial charge in [0.1, 0.15) is 0 Å².